The van der Waals surface area contributed by atoms with Crippen LogP contribution in [0.4, 0.5) is 8.78 Å². The van der Waals surface area contributed by atoms with E-state index in [0.717, 1.165) is 27.7 Å². The van der Waals surface area contributed by atoms with Crippen molar-refractivity contribution in [2.24, 2.45) is 7.05 Å². The summed E-state index contributed by atoms with van der Waals surface area (Å²) >= 11 is 0. The quantitative estimate of drug-likeness (QED) is 0.152. The predicted molar refractivity (Wildman–Crippen MR) is 177 cm³/mol. The van der Waals surface area contributed by atoms with Gasteiger partial charge in [-0.1, -0.05) is 6.07 Å². The second-order valence-electron chi connectivity index (χ2n) is 11.1. The topological polar surface area (TPSA) is 133 Å². The molecule has 10 nitrogen and oxygen atoms in total. The molecule has 6 rings (SSSR count). The lowest BCUT2D eigenvalue weighted by molar-refractivity contribution is 0.0991. The van der Waals surface area contributed by atoms with Crippen LogP contribution in [0.3, 0.4) is 0 Å². The lowest BCUT2D eigenvalue weighted by atomic mass is 10.0. The maximum absolute atomic E-state index is 15.4. The molecule has 0 saturated carbocycles. The number of benzene rings is 3. The van der Waals surface area contributed by atoms with Crippen molar-refractivity contribution in [3.63, 3.8) is 0 Å². The molecule has 3 aromatic carbocycles. The van der Waals surface area contributed by atoms with E-state index < -0.39 is 33.1 Å². The van der Waals surface area contributed by atoms with E-state index in [2.05, 4.69) is 10.1 Å². The van der Waals surface area contributed by atoms with Crippen LogP contribution in [0, 0.1) is 25.5 Å². The third kappa shape index (κ3) is 7.88. The Morgan fingerprint density at radius 3 is 2.31 bits per heavy atom. The highest BCUT2D eigenvalue weighted by Gasteiger charge is 2.18. The largest absolute Gasteiger partial charge is 0.454 e. The SMILES string of the molecule is CS(=O)(=O)O.Cc1cc(-c2cc3c(cnn3C)cc2Oc2ccc(CC(=O)c3ccc(C)n(-c4ccc(F)cc4)c3=O)cc2F)ccn1. The summed E-state index contributed by atoms with van der Waals surface area (Å²) in [7, 11) is -1.82. The summed E-state index contributed by atoms with van der Waals surface area (Å²) in [5.74, 6) is -1.12. The number of carbonyl (C=O) groups excluding carboxylic acids is 1. The molecule has 1 N–H and O–H groups in total. The first kappa shape index (κ1) is 33.8. The van der Waals surface area contributed by atoms with Crippen molar-refractivity contribution in [3.8, 4) is 28.3 Å². The third-order valence-electron chi connectivity index (χ3n) is 7.30. The minimum Gasteiger partial charge on any atom is -0.454 e. The maximum atomic E-state index is 15.4. The predicted octanol–water partition coefficient (Wildman–Crippen LogP) is 6.40. The van der Waals surface area contributed by atoms with Crippen molar-refractivity contribution in [2.75, 3.05) is 6.26 Å². The fraction of sp³-hybridized carbons (Fsp3) is 0.143. The van der Waals surface area contributed by atoms with Crippen molar-refractivity contribution in [1.29, 1.82) is 0 Å². The van der Waals surface area contributed by atoms with Crippen LogP contribution in [0.2, 0.25) is 0 Å². The normalized spacial score (nSPS) is 11.2. The summed E-state index contributed by atoms with van der Waals surface area (Å²) in [5.41, 5.74) is 4.17. The molecule has 0 spiro atoms. The molecule has 0 radical (unpaired) electrons. The second-order valence-corrected chi connectivity index (χ2v) is 12.5. The molecule has 0 aliphatic rings. The van der Waals surface area contributed by atoms with Crippen molar-refractivity contribution in [3.05, 3.63) is 136 Å². The lowest BCUT2D eigenvalue weighted by Crippen LogP contribution is -2.27. The number of rotatable bonds is 7. The van der Waals surface area contributed by atoms with Crippen LogP contribution in [0.1, 0.15) is 27.3 Å². The Bertz CT molecular complexity index is 2330. The van der Waals surface area contributed by atoms with Gasteiger partial charge in [0.05, 0.1) is 23.5 Å². The number of aromatic nitrogens is 4. The van der Waals surface area contributed by atoms with E-state index >= 15 is 4.39 Å². The van der Waals surface area contributed by atoms with Crippen LogP contribution >= 0.6 is 0 Å². The number of aryl methyl sites for hydroxylation is 3. The van der Waals surface area contributed by atoms with Crippen LogP contribution in [0.5, 0.6) is 11.5 Å². The number of hydrogen-bond donors (Lipinski definition) is 1. The van der Waals surface area contributed by atoms with Gasteiger partial charge in [0.15, 0.2) is 17.3 Å². The molecular weight excluding hydrogens is 642 g/mol. The first-order valence-electron chi connectivity index (χ1n) is 14.5. The molecular formula is C35H30F2N4O6S. The average molecular weight is 673 g/mol. The minimum atomic E-state index is -3.67. The Morgan fingerprint density at radius 1 is 0.938 bits per heavy atom. The highest BCUT2D eigenvalue weighted by Crippen LogP contribution is 2.38. The molecule has 0 fully saturated rings. The number of ketones is 1. The van der Waals surface area contributed by atoms with Crippen LogP contribution in [0.25, 0.3) is 27.7 Å². The Hall–Kier alpha value is -5.53. The highest BCUT2D eigenvalue weighted by molar-refractivity contribution is 7.85. The Kier molecular flexibility index (Phi) is 9.64. The van der Waals surface area contributed by atoms with Gasteiger partial charge < -0.3 is 4.74 Å². The zero-order chi connectivity index (χ0) is 34.7. The molecule has 0 aliphatic carbocycles. The van der Waals surface area contributed by atoms with E-state index in [4.69, 9.17) is 9.29 Å². The molecule has 3 heterocycles. The van der Waals surface area contributed by atoms with Crippen molar-refractivity contribution in [1.82, 2.24) is 19.3 Å². The van der Waals surface area contributed by atoms with Gasteiger partial charge in [-0.05, 0) is 97.8 Å². The van der Waals surface area contributed by atoms with E-state index in [1.807, 2.05) is 38.2 Å². The molecule has 0 aliphatic heterocycles. The van der Waals surface area contributed by atoms with Crippen molar-refractivity contribution < 1.29 is 31.3 Å². The number of carbonyl (C=O) groups is 1. The number of pyridine rings is 2. The van der Waals surface area contributed by atoms with Gasteiger partial charge in [-0.25, -0.2) is 8.78 Å². The molecule has 13 heteroatoms. The molecule has 0 atom stereocenters. The summed E-state index contributed by atoms with van der Waals surface area (Å²) < 4.78 is 63.9. The van der Waals surface area contributed by atoms with E-state index in [1.54, 1.807) is 36.1 Å². The van der Waals surface area contributed by atoms with Gasteiger partial charge in [0.2, 0.25) is 0 Å². The number of hydrogen-bond acceptors (Lipinski definition) is 7. The summed E-state index contributed by atoms with van der Waals surface area (Å²) in [6, 6.07) is 20.4. The number of nitrogens with zero attached hydrogens (tertiary/aromatic N) is 4. The van der Waals surface area contributed by atoms with Crippen LogP contribution in [0.15, 0.2) is 96.1 Å². The fourth-order valence-electron chi connectivity index (χ4n) is 5.09. The van der Waals surface area contributed by atoms with Crippen LogP contribution in [-0.2, 0) is 23.6 Å². The highest BCUT2D eigenvalue weighted by atomic mass is 32.2. The number of Topliss-reactive ketones (excluding diaryl/α,β-unsaturated/α-hetero) is 1. The summed E-state index contributed by atoms with van der Waals surface area (Å²) in [6.07, 6.45) is 3.94. The zero-order valence-corrected chi connectivity index (χ0v) is 27.1. The fourth-order valence-corrected chi connectivity index (χ4v) is 5.09. The van der Waals surface area contributed by atoms with Crippen molar-refractivity contribution in [2.45, 2.75) is 20.3 Å². The van der Waals surface area contributed by atoms with Gasteiger partial charge in [0, 0.05) is 47.7 Å². The van der Waals surface area contributed by atoms with Gasteiger partial charge >= 0.3 is 0 Å². The van der Waals surface area contributed by atoms with Gasteiger partial charge in [-0.2, -0.15) is 13.5 Å². The lowest BCUT2D eigenvalue weighted by Gasteiger charge is -2.14. The number of fused-ring (bicyclic) bond motifs is 1. The Labute approximate surface area is 274 Å². The monoisotopic (exact) mass is 672 g/mol. The van der Waals surface area contributed by atoms with Gasteiger partial charge in [-0.3, -0.25) is 28.4 Å². The van der Waals surface area contributed by atoms with Crippen molar-refractivity contribution >= 4 is 26.8 Å². The molecule has 6 aromatic rings. The van der Waals surface area contributed by atoms with E-state index in [9.17, 15) is 22.4 Å². The van der Waals surface area contributed by atoms with Crippen LogP contribution < -0.4 is 10.3 Å². The molecule has 0 amide bonds. The van der Waals surface area contributed by atoms with Gasteiger partial charge in [0.25, 0.3) is 15.7 Å². The summed E-state index contributed by atoms with van der Waals surface area (Å²) in [4.78, 5) is 30.7. The molecule has 0 unspecified atom stereocenters. The molecule has 3 aromatic heterocycles. The summed E-state index contributed by atoms with van der Waals surface area (Å²) in [5, 5.41) is 5.15. The van der Waals surface area contributed by atoms with E-state index in [-0.39, 0.29) is 17.7 Å². The zero-order valence-electron chi connectivity index (χ0n) is 26.3. The smallest absolute Gasteiger partial charge is 0.266 e. The first-order chi connectivity index (χ1) is 22.7. The van der Waals surface area contributed by atoms with E-state index in [1.165, 1.54) is 47.0 Å². The minimum absolute atomic E-state index is 0.0135. The molecule has 48 heavy (non-hydrogen) atoms. The van der Waals surface area contributed by atoms with E-state index in [0.29, 0.717) is 29.0 Å². The summed E-state index contributed by atoms with van der Waals surface area (Å²) in [6.45, 7) is 3.61. The van der Waals surface area contributed by atoms with Gasteiger partial charge in [-0.15, -0.1) is 0 Å². The molecule has 0 bridgehead atoms. The first-order valence-corrected chi connectivity index (χ1v) is 16.3. The Balaban J connectivity index is 0.000000840. The Morgan fingerprint density at radius 2 is 1.65 bits per heavy atom. The molecule has 0 saturated heterocycles. The maximum Gasteiger partial charge on any atom is 0.266 e. The number of ether oxygens (including phenoxy) is 1. The van der Waals surface area contributed by atoms with Crippen LogP contribution in [-0.4, -0.2) is 44.3 Å². The second kappa shape index (κ2) is 13.7. The average Bonchev–Trinajstić information content (AvgIpc) is 3.37. The standard InChI is InChI=1S/C34H26F2N4O3.CH4O3S/c1-20-14-23(12-13-37-20)28-18-30-24(19-38-39(30)3)17-33(28)43-32-11-5-22(15-29(32)36)16-31(41)27-10-4-21(2)40(34(27)42)26-8-6-25(35)7-9-26;1-5(2,3)4/h4-15,17-19H,16H2,1-3H3;1H3,(H,2,3,4). The third-order valence-corrected chi connectivity index (χ3v) is 7.30. The van der Waals surface area contributed by atoms with Gasteiger partial charge in [0.1, 0.15) is 11.6 Å². The molecule has 246 valence electrons. The number of halogens is 2.